The van der Waals surface area contributed by atoms with Crippen LogP contribution in [0.2, 0.25) is 0 Å². The number of aliphatic hydroxyl groups is 1. The van der Waals surface area contributed by atoms with Crippen LogP contribution >= 0.6 is 0 Å². The number of carbonyl (C=O) groups excluding carboxylic acids is 1. The van der Waals surface area contributed by atoms with Crippen molar-refractivity contribution in [1.82, 2.24) is 0 Å². The molecule has 4 heteroatoms. The van der Waals surface area contributed by atoms with Crippen LogP contribution in [0.3, 0.4) is 0 Å². The number of ether oxygens (including phenoxy) is 2. The average Bonchev–Trinajstić information content (AvgIpc) is 3.01. The van der Waals surface area contributed by atoms with Gasteiger partial charge in [0.25, 0.3) is 0 Å². The van der Waals surface area contributed by atoms with Gasteiger partial charge in [0.15, 0.2) is 0 Å². The summed E-state index contributed by atoms with van der Waals surface area (Å²) in [5.74, 6) is -0.264. The quantitative estimate of drug-likeness (QED) is 0.0509. The monoisotopic (exact) mass is 596 g/mol. The average molecular weight is 597 g/mol. The molecule has 0 heterocycles. The number of carbonyl (C=O) groups is 1. The Kier molecular flexibility index (Phi) is 33.7. The van der Waals surface area contributed by atoms with Crippen LogP contribution in [0.15, 0.2) is 85.1 Å². The summed E-state index contributed by atoms with van der Waals surface area (Å²) in [6.07, 6.45) is 49.1. The fraction of sp³-hybridized carbons (Fsp3) is 0.615. The summed E-state index contributed by atoms with van der Waals surface area (Å²) in [6, 6.07) is 0. The fourth-order valence-corrected chi connectivity index (χ4v) is 4.20. The van der Waals surface area contributed by atoms with Crippen LogP contribution in [0.25, 0.3) is 0 Å². The van der Waals surface area contributed by atoms with Crippen LogP contribution < -0.4 is 0 Å². The number of allylic oxidation sites excluding steroid dienone is 14. The molecule has 0 bridgehead atoms. The molecule has 1 unspecified atom stereocenters. The van der Waals surface area contributed by atoms with Gasteiger partial charge < -0.3 is 14.6 Å². The Labute approximate surface area is 265 Å². The van der Waals surface area contributed by atoms with E-state index >= 15 is 0 Å². The Morgan fingerprint density at radius 1 is 0.581 bits per heavy atom. The topological polar surface area (TPSA) is 55.8 Å². The van der Waals surface area contributed by atoms with E-state index in [1.165, 1.54) is 44.9 Å². The maximum atomic E-state index is 12.1. The van der Waals surface area contributed by atoms with Crippen LogP contribution in [0.4, 0.5) is 0 Å². The Balaban J connectivity index is 3.67. The number of hydrogen-bond acceptors (Lipinski definition) is 4. The molecule has 0 saturated carbocycles. The molecule has 0 amide bonds. The van der Waals surface area contributed by atoms with E-state index in [1.54, 1.807) is 0 Å². The van der Waals surface area contributed by atoms with Crippen LogP contribution in [0.5, 0.6) is 0 Å². The van der Waals surface area contributed by atoms with Crippen LogP contribution in [-0.4, -0.2) is 37.0 Å². The summed E-state index contributed by atoms with van der Waals surface area (Å²) in [5.41, 5.74) is 0. The zero-order valence-corrected chi connectivity index (χ0v) is 27.7. The van der Waals surface area contributed by atoms with E-state index in [1.807, 2.05) is 0 Å². The molecule has 0 rings (SSSR count). The first kappa shape index (κ1) is 40.6. The summed E-state index contributed by atoms with van der Waals surface area (Å²) in [7, 11) is 0. The van der Waals surface area contributed by atoms with Gasteiger partial charge in [-0.15, -0.1) is 0 Å². The number of hydrogen-bond donors (Lipinski definition) is 1. The highest BCUT2D eigenvalue weighted by atomic mass is 16.6. The van der Waals surface area contributed by atoms with E-state index in [-0.39, 0.29) is 19.2 Å². The van der Waals surface area contributed by atoms with E-state index in [2.05, 4.69) is 98.9 Å². The largest absolute Gasteiger partial charge is 0.457 e. The fourth-order valence-electron chi connectivity index (χ4n) is 4.20. The zero-order chi connectivity index (χ0) is 31.3. The molecule has 0 aliphatic heterocycles. The van der Waals surface area contributed by atoms with E-state index in [4.69, 9.17) is 9.47 Å². The Hall–Kier alpha value is -2.43. The predicted molar refractivity (Wildman–Crippen MR) is 186 cm³/mol. The van der Waals surface area contributed by atoms with Gasteiger partial charge in [-0.25, -0.2) is 0 Å². The number of unbranched alkanes of at least 4 members (excludes halogenated alkanes) is 8. The second kappa shape index (κ2) is 35.8. The molecule has 0 aromatic heterocycles. The van der Waals surface area contributed by atoms with Gasteiger partial charge in [0.2, 0.25) is 0 Å². The third kappa shape index (κ3) is 33.9. The maximum absolute atomic E-state index is 12.1. The molecule has 0 fully saturated rings. The molecule has 0 spiro atoms. The standard InChI is InChI=1S/C39H64O4/c1-3-5-7-9-11-13-14-15-16-17-18-19-20-21-22-23-24-25-26-27-28-30-32-34-39(41)43-38(36-40)37-42-35-33-31-29-12-10-8-6-4-2/h5,7,11,13,15-16,18-19,21-22,24-25,27-28,38,40H,3-4,6,8-10,12,14,17,20,23,26,29-37H2,1-2H3/b7-5-,13-11-,16-15-,19-18-,22-21-,25-24-,28-27-. The summed E-state index contributed by atoms with van der Waals surface area (Å²) in [5, 5.41) is 9.49. The zero-order valence-electron chi connectivity index (χ0n) is 27.7. The molecule has 43 heavy (non-hydrogen) atoms. The lowest BCUT2D eigenvalue weighted by Crippen LogP contribution is -2.27. The van der Waals surface area contributed by atoms with Gasteiger partial charge in [-0.3, -0.25) is 4.79 Å². The number of esters is 1. The first-order chi connectivity index (χ1) is 21.2. The lowest BCUT2D eigenvalue weighted by atomic mass is 10.1. The molecule has 0 radical (unpaired) electrons. The first-order valence-corrected chi connectivity index (χ1v) is 17.2. The van der Waals surface area contributed by atoms with Crippen molar-refractivity contribution < 1.29 is 19.4 Å². The van der Waals surface area contributed by atoms with Crippen molar-refractivity contribution in [2.45, 2.75) is 136 Å². The Morgan fingerprint density at radius 2 is 1.02 bits per heavy atom. The molecule has 0 aromatic rings. The number of aliphatic hydroxyl groups excluding tert-OH is 1. The lowest BCUT2D eigenvalue weighted by molar-refractivity contribution is -0.154. The molecule has 0 aliphatic rings. The van der Waals surface area contributed by atoms with Gasteiger partial charge in [-0.05, 0) is 64.2 Å². The molecule has 1 atom stereocenters. The molecule has 244 valence electrons. The van der Waals surface area contributed by atoms with Crippen molar-refractivity contribution in [3.63, 3.8) is 0 Å². The number of rotatable bonds is 30. The van der Waals surface area contributed by atoms with Crippen LogP contribution in [-0.2, 0) is 14.3 Å². The van der Waals surface area contributed by atoms with Gasteiger partial charge in [0.05, 0.1) is 13.2 Å². The molecule has 4 nitrogen and oxygen atoms in total. The molecule has 0 aliphatic carbocycles. The van der Waals surface area contributed by atoms with Gasteiger partial charge >= 0.3 is 5.97 Å². The van der Waals surface area contributed by atoms with Crippen LogP contribution in [0, 0.1) is 0 Å². The maximum Gasteiger partial charge on any atom is 0.306 e. The minimum absolute atomic E-state index is 0.199. The van der Waals surface area contributed by atoms with Gasteiger partial charge in [0, 0.05) is 13.0 Å². The SMILES string of the molecule is CC/C=C\C/C=C\C/C=C\C/C=C\C/C=C\C/C=C\C/C=C\CCCC(=O)OC(CO)COCCCCCCCCCC. The molecule has 0 aromatic carbocycles. The highest BCUT2D eigenvalue weighted by Gasteiger charge is 2.13. The van der Waals surface area contributed by atoms with Crippen molar-refractivity contribution in [3.8, 4) is 0 Å². The Morgan fingerprint density at radius 3 is 1.49 bits per heavy atom. The second-order valence-electron chi connectivity index (χ2n) is 10.9. The normalized spacial score (nSPS) is 13.5. The third-order valence-corrected chi connectivity index (χ3v) is 6.73. The van der Waals surface area contributed by atoms with E-state index in [9.17, 15) is 9.90 Å². The second-order valence-corrected chi connectivity index (χ2v) is 10.9. The molecule has 1 N–H and O–H groups in total. The minimum Gasteiger partial charge on any atom is -0.457 e. The summed E-state index contributed by atoms with van der Waals surface area (Å²) >= 11 is 0. The van der Waals surface area contributed by atoms with Crippen molar-refractivity contribution in [3.05, 3.63) is 85.1 Å². The summed E-state index contributed by atoms with van der Waals surface area (Å²) in [6.45, 7) is 5.12. The third-order valence-electron chi connectivity index (χ3n) is 6.73. The molecule has 0 saturated heterocycles. The first-order valence-electron chi connectivity index (χ1n) is 17.2. The van der Waals surface area contributed by atoms with Gasteiger partial charge in [-0.2, -0.15) is 0 Å². The van der Waals surface area contributed by atoms with Crippen molar-refractivity contribution in [1.29, 1.82) is 0 Å². The van der Waals surface area contributed by atoms with Crippen molar-refractivity contribution >= 4 is 5.97 Å². The van der Waals surface area contributed by atoms with Crippen molar-refractivity contribution in [2.75, 3.05) is 19.8 Å². The van der Waals surface area contributed by atoms with Gasteiger partial charge in [0.1, 0.15) is 6.10 Å². The van der Waals surface area contributed by atoms with Crippen molar-refractivity contribution in [2.24, 2.45) is 0 Å². The summed E-state index contributed by atoms with van der Waals surface area (Å²) in [4.78, 5) is 12.1. The Bertz CT molecular complexity index is 800. The van der Waals surface area contributed by atoms with Gasteiger partial charge in [-0.1, -0.05) is 144 Å². The summed E-state index contributed by atoms with van der Waals surface area (Å²) < 4.78 is 11.0. The van der Waals surface area contributed by atoms with Crippen LogP contribution in [0.1, 0.15) is 129 Å². The van der Waals surface area contributed by atoms with E-state index in [0.29, 0.717) is 13.0 Å². The minimum atomic E-state index is -0.565. The smallest absolute Gasteiger partial charge is 0.306 e. The molecular formula is C39H64O4. The lowest BCUT2D eigenvalue weighted by Gasteiger charge is -2.15. The predicted octanol–water partition coefficient (Wildman–Crippen LogP) is 10.9. The highest BCUT2D eigenvalue weighted by molar-refractivity contribution is 5.69. The highest BCUT2D eigenvalue weighted by Crippen LogP contribution is 2.09. The van der Waals surface area contributed by atoms with E-state index < -0.39 is 6.10 Å². The van der Waals surface area contributed by atoms with E-state index in [0.717, 1.165) is 64.2 Å². The molecular weight excluding hydrogens is 532 g/mol.